The number of aliphatic hydroxyl groups excluding tert-OH is 1. The minimum Gasteiger partial charge on any atom is -0.386 e. The Labute approximate surface area is 84.8 Å². The van der Waals surface area contributed by atoms with Gasteiger partial charge >= 0.3 is 6.03 Å². The molecule has 0 aliphatic rings. The maximum absolute atomic E-state index is 11.8. The number of nitrogens with one attached hydrogen (secondary N) is 2. The van der Waals surface area contributed by atoms with Gasteiger partial charge < -0.3 is 16.2 Å². The van der Waals surface area contributed by atoms with E-state index in [2.05, 4.69) is 11.1 Å². The number of primary amides is 1. The Kier molecular flexibility index (Phi) is 5.72. The highest BCUT2D eigenvalue weighted by Gasteiger charge is 2.20. The van der Waals surface area contributed by atoms with E-state index < -0.39 is 37.1 Å². The molecule has 0 aromatic heterocycles. The van der Waals surface area contributed by atoms with Gasteiger partial charge in [0.15, 0.2) is 0 Å². The molecule has 0 saturated carbocycles. The molecule has 0 rings (SSSR count). The van der Waals surface area contributed by atoms with Crippen LogP contribution in [0.4, 0.5) is 13.6 Å². The fourth-order valence-electron chi connectivity index (χ4n) is 0.709. The number of carbonyl (C=O) groups excluding carboxylic acids is 2. The molecule has 0 aromatic rings. The molecule has 0 spiro atoms. The Morgan fingerprint density at radius 3 is 2.40 bits per heavy atom. The predicted molar refractivity (Wildman–Crippen MR) is 47.2 cm³/mol. The molecule has 0 bridgehead atoms. The minimum atomic E-state index is -2.89. The van der Waals surface area contributed by atoms with Gasteiger partial charge in [-0.05, 0) is 6.92 Å². The van der Waals surface area contributed by atoms with E-state index in [0.717, 1.165) is 0 Å². The Balaban J connectivity index is 3.87. The number of hydrogen-bond donors (Lipinski definition) is 4. The van der Waals surface area contributed by atoms with Crippen LogP contribution in [0.2, 0.25) is 0 Å². The van der Waals surface area contributed by atoms with E-state index in [-0.39, 0.29) is 0 Å². The van der Waals surface area contributed by atoms with Gasteiger partial charge in [-0.25, -0.2) is 13.6 Å². The van der Waals surface area contributed by atoms with E-state index in [1.807, 2.05) is 0 Å². The molecule has 15 heavy (non-hydrogen) atoms. The highest BCUT2D eigenvalue weighted by molar-refractivity contribution is 5.96. The van der Waals surface area contributed by atoms with Gasteiger partial charge in [0.1, 0.15) is 6.10 Å². The highest BCUT2D eigenvalue weighted by Crippen LogP contribution is 1.98. The number of imide groups is 1. The van der Waals surface area contributed by atoms with Gasteiger partial charge in [0.2, 0.25) is 5.91 Å². The van der Waals surface area contributed by atoms with Crippen LogP contribution in [0, 0.1) is 0 Å². The van der Waals surface area contributed by atoms with Crippen LogP contribution in [0.1, 0.15) is 6.92 Å². The maximum Gasteiger partial charge on any atom is 0.318 e. The molecule has 0 saturated heterocycles. The third-order valence-corrected chi connectivity index (χ3v) is 1.56. The van der Waals surface area contributed by atoms with E-state index in [9.17, 15) is 18.4 Å². The van der Waals surface area contributed by atoms with Crippen LogP contribution < -0.4 is 16.4 Å². The highest BCUT2D eigenvalue weighted by atomic mass is 19.3. The van der Waals surface area contributed by atoms with Crippen molar-refractivity contribution in [2.45, 2.75) is 25.5 Å². The first kappa shape index (κ1) is 13.7. The van der Waals surface area contributed by atoms with Gasteiger partial charge in [-0.3, -0.25) is 10.1 Å². The summed E-state index contributed by atoms with van der Waals surface area (Å²) in [5.41, 5.74) is 4.67. The lowest BCUT2D eigenvalue weighted by molar-refractivity contribution is -0.121. The summed E-state index contributed by atoms with van der Waals surface area (Å²) in [6.45, 7) is 0.890. The lowest BCUT2D eigenvalue weighted by Gasteiger charge is -2.15. The first-order chi connectivity index (χ1) is 6.84. The van der Waals surface area contributed by atoms with Crippen molar-refractivity contribution in [3.8, 4) is 0 Å². The van der Waals surface area contributed by atoms with Crippen molar-refractivity contribution in [2.24, 2.45) is 5.73 Å². The van der Waals surface area contributed by atoms with E-state index in [0.29, 0.717) is 0 Å². The Morgan fingerprint density at radius 1 is 1.47 bits per heavy atom. The Morgan fingerprint density at radius 2 is 2.00 bits per heavy atom. The van der Waals surface area contributed by atoms with Crippen molar-refractivity contribution in [1.82, 2.24) is 10.6 Å². The van der Waals surface area contributed by atoms with Crippen molar-refractivity contribution < 1.29 is 23.5 Å². The number of rotatable bonds is 5. The SMILES string of the molecule is CC(NCC(O)C(F)F)C(=O)NC(N)=O. The van der Waals surface area contributed by atoms with Gasteiger partial charge in [0, 0.05) is 6.54 Å². The Bertz CT molecular complexity index is 238. The normalized spacial score (nSPS) is 14.7. The molecule has 5 N–H and O–H groups in total. The predicted octanol–water partition coefficient (Wildman–Crippen LogP) is -1.21. The molecular weight excluding hydrogens is 212 g/mol. The van der Waals surface area contributed by atoms with Gasteiger partial charge in [0.25, 0.3) is 6.43 Å². The zero-order chi connectivity index (χ0) is 12.0. The second kappa shape index (κ2) is 6.25. The fraction of sp³-hybridized carbons (Fsp3) is 0.714. The number of halogens is 2. The number of nitrogens with two attached hydrogens (primary N) is 1. The quantitative estimate of drug-likeness (QED) is 0.471. The van der Waals surface area contributed by atoms with Crippen LogP contribution in [-0.2, 0) is 4.79 Å². The number of carbonyl (C=O) groups is 2. The van der Waals surface area contributed by atoms with Crippen molar-refractivity contribution in [1.29, 1.82) is 0 Å². The number of aliphatic hydroxyl groups is 1. The lowest BCUT2D eigenvalue weighted by Crippen LogP contribution is -2.48. The molecule has 0 aromatic carbocycles. The van der Waals surface area contributed by atoms with E-state index in [1.54, 1.807) is 5.32 Å². The summed E-state index contributed by atoms with van der Waals surface area (Å²) in [6.07, 6.45) is -4.74. The Hall–Kier alpha value is -1.28. The molecule has 0 fully saturated rings. The molecule has 2 unspecified atom stereocenters. The van der Waals surface area contributed by atoms with Gasteiger partial charge in [0.05, 0.1) is 6.04 Å². The number of alkyl halides is 2. The lowest BCUT2D eigenvalue weighted by atomic mass is 10.3. The molecule has 88 valence electrons. The first-order valence-electron chi connectivity index (χ1n) is 4.14. The third kappa shape index (κ3) is 5.92. The van der Waals surface area contributed by atoms with Crippen molar-refractivity contribution in [2.75, 3.05) is 6.54 Å². The standard InChI is InChI=1S/C7H13F2N3O3/c1-3(6(14)12-7(10)15)11-2-4(13)5(8)9/h3-5,11,13H,2H2,1H3,(H3,10,12,14,15). The summed E-state index contributed by atoms with van der Waals surface area (Å²) in [5, 5.41) is 12.8. The zero-order valence-electron chi connectivity index (χ0n) is 8.04. The van der Waals surface area contributed by atoms with Gasteiger partial charge in [-0.15, -0.1) is 0 Å². The van der Waals surface area contributed by atoms with E-state index in [4.69, 9.17) is 5.11 Å². The average Bonchev–Trinajstić information content (AvgIpc) is 2.12. The van der Waals surface area contributed by atoms with Crippen LogP contribution in [0.5, 0.6) is 0 Å². The summed E-state index contributed by atoms with van der Waals surface area (Å²) >= 11 is 0. The topological polar surface area (TPSA) is 104 Å². The monoisotopic (exact) mass is 225 g/mol. The smallest absolute Gasteiger partial charge is 0.318 e. The molecule has 8 heteroatoms. The third-order valence-electron chi connectivity index (χ3n) is 1.56. The van der Waals surface area contributed by atoms with Gasteiger partial charge in [-0.1, -0.05) is 0 Å². The molecule has 3 amide bonds. The summed E-state index contributed by atoms with van der Waals surface area (Å²) in [7, 11) is 0. The summed E-state index contributed by atoms with van der Waals surface area (Å²) in [5.74, 6) is -0.746. The van der Waals surface area contributed by atoms with Crippen LogP contribution in [-0.4, -0.2) is 42.2 Å². The number of urea groups is 1. The first-order valence-corrected chi connectivity index (χ1v) is 4.14. The van der Waals surface area contributed by atoms with Crippen molar-refractivity contribution in [3.05, 3.63) is 0 Å². The van der Waals surface area contributed by atoms with Crippen LogP contribution in [0.3, 0.4) is 0 Å². The minimum absolute atomic E-state index is 0.453. The number of hydrogen-bond acceptors (Lipinski definition) is 4. The number of amides is 3. The zero-order valence-corrected chi connectivity index (χ0v) is 8.04. The second-order valence-electron chi connectivity index (χ2n) is 2.89. The summed E-state index contributed by atoms with van der Waals surface area (Å²) in [6, 6.07) is -1.92. The summed E-state index contributed by atoms with van der Waals surface area (Å²) < 4.78 is 23.7. The molecule has 0 aliphatic carbocycles. The molecule has 0 radical (unpaired) electrons. The largest absolute Gasteiger partial charge is 0.386 e. The molecular formula is C7H13F2N3O3. The maximum atomic E-state index is 11.8. The van der Waals surface area contributed by atoms with Crippen molar-refractivity contribution in [3.63, 3.8) is 0 Å². The van der Waals surface area contributed by atoms with E-state index in [1.165, 1.54) is 6.92 Å². The van der Waals surface area contributed by atoms with Crippen LogP contribution >= 0.6 is 0 Å². The van der Waals surface area contributed by atoms with Crippen LogP contribution in [0.25, 0.3) is 0 Å². The van der Waals surface area contributed by atoms with E-state index >= 15 is 0 Å². The molecule has 0 aliphatic heterocycles. The molecule has 6 nitrogen and oxygen atoms in total. The fourth-order valence-corrected chi connectivity index (χ4v) is 0.709. The molecule has 0 heterocycles. The van der Waals surface area contributed by atoms with Gasteiger partial charge in [-0.2, -0.15) is 0 Å². The summed E-state index contributed by atoms with van der Waals surface area (Å²) in [4.78, 5) is 21.2. The average molecular weight is 225 g/mol. The second-order valence-corrected chi connectivity index (χ2v) is 2.89. The van der Waals surface area contributed by atoms with Crippen molar-refractivity contribution >= 4 is 11.9 Å². The molecule has 2 atom stereocenters. The van der Waals surface area contributed by atoms with Crippen LogP contribution in [0.15, 0.2) is 0 Å².